The molecule has 1 aromatic carbocycles. The van der Waals surface area contributed by atoms with E-state index in [4.69, 9.17) is 4.98 Å². The van der Waals surface area contributed by atoms with Crippen LogP contribution in [-0.2, 0) is 19.5 Å². The number of nitrogens with one attached hydrogen (secondary N) is 1. The minimum atomic E-state index is 0.688. The van der Waals surface area contributed by atoms with Gasteiger partial charge in [-0.05, 0) is 29.7 Å². The second kappa shape index (κ2) is 6.83. The maximum Gasteiger partial charge on any atom is 0.162 e. The van der Waals surface area contributed by atoms with E-state index in [1.54, 1.807) is 12.4 Å². The maximum atomic E-state index is 4.79. The van der Waals surface area contributed by atoms with E-state index in [9.17, 15) is 0 Å². The van der Waals surface area contributed by atoms with Gasteiger partial charge in [-0.25, -0.2) is 19.9 Å². The molecular weight excluding hydrogens is 404 g/mol. The molecule has 134 valence electrons. The average Bonchev–Trinajstić information content (AvgIpc) is 3.10. The predicted octanol–water partition coefficient (Wildman–Crippen LogP) is 3.74. The number of fused-ring (bicyclic) bond motifs is 2. The third kappa shape index (κ3) is 3.24. The van der Waals surface area contributed by atoms with E-state index in [-0.39, 0.29) is 0 Å². The van der Waals surface area contributed by atoms with Crippen LogP contribution in [0, 0.1) is 0 Å². The fourth-order valence-corrected chi connectivity index (χ4v) is 3.94. The van der Waals surface area contributed by atoms with E-state index in [0.29, 0.717) is 5.82 Å². The molecule has 27 heavy (non-hydrogen) atoms. The molecule has 0 unspecified atom stereocenters. The van der Waals surface area contributed by atoms with Crippen LogP contribution in [0.15, 0.2) is 53.8 Å². The Bertz CT molecular complexity index is 1110. The topological polar surface area (TPSA) is 70.6 Å². The van der Waals surface area contributed by atoms with Crippen LogP contribution in [0.25, 0.3) is 22.3 Å². The molecule has 1 aliphatic heterocycles. The standard InChI is InChI=1S/C20H17BrN6/c21-16-1-2-17-15(9-24-18(17)5-16)10-27-4-3-13-8-25-20(26-19(13)11-27)14-6-22-12-23-7-14/h1-2,5-9,12,24H,3-4,10-11H2. The molecule has 0 radical (unpaired) electrons. The summed E-state index contributed by atoms with van der Waals surface area (Å²) in [5.74, 6) is 0.688. The van der Waals surface area contributed by atoms with Gasteiger partial charge in [0.25, 0.3) is 0 Å². The van der Waals surface area contributed by atoms with E-state index in [0.717, 1.165) is 47.3 Å². The van der Waals surface area contributed by atoms with Crippen LogP contribution in [0.1, 0.15) is 16.8 Å². The number of benzene rings is 1. The zero-order chi connectivity index (χ0) is 18.2. The first-order valence-electron chi connectivity index (χ1n) is 8.84. The fourth-order valence-electron chi connectivity index (χ4n) is 3.58. The van der Waals surface area contributed by atoms with Crippen LogP contribution in [-0.4, -0.2) is 36.4 Å². The van der Waals surface area contributed by atoms with E-state index in [1.165, 1.54) is 22.8 Å². The van der Waals surface area contributed by atoms with Crippen LogP contribution < -0.4 is 0 Å². The minimum Gasteiger partial charge on any atom is -0.361 e. The molecule has 0 saturated heterocycles. The van der Waals surface area contributed by atoms with Crippen molar-refractivity contribution in [1.29, 1.82) is 0 Å². The molecule has 5 rings (SSSR count). The molecule has 1 aliphatic rings. The molecule has 0 atom stereocenters. The lowest BCUT2D eigenvalue weighted by Gasteiger charge is -2.27. The predicted molar refractivity (Wildman–Crippen MR) is 107 cm³/mol. The van der Waals surface area contributed by atoms with Gasteiger partial charge < -0.3 is 4.98 Å². The quantitative estimate of drug-likeness (QED) is 0.546. The molecule has 0 saturated carbocycles. The Morgan fingerprint density at radius 2 is 2.04 bits per heavy atom. The number of halogens is 1. The van der Waals surface area contributed by atoms with Gasteiger partial charge in [0.2, 0.25) is 0 Å². The van der Waals surface area contributed by atoms with E-state index in [2.05, 4.69) is 65.2 Å². The molecule has 0 spiro atoms. The van der Waals surface area contributed by atoms with Crippen LogP contribution in [0.4, 0.5) is 0 Å². The molecule has 1 N–H and O–H groups in total. The summed E-state index contributed by atoms with van der Waals surface area (Å²) in [5.41, 5.74) is 5.64. The van der Waals surface area contributed by atoms with Gasteiger partial charge in [0.05, 0.1) is 11.3 Å². The van der Waals surface area contributed by atoms with Crippen molar-refractivity contribution in [3.05, 3.63) is 70.6 Å². The Morgan fingerprint density at radius 1 is 1.15 bits per heavy atom. The van der Waals surface area contributed by atoms with Gasteiger partial charge in [-0.1, -0.05) is 22.0 Å². The lowest BCUT2D eigenvalue weighted by Crippen LogP contribution is -2.31. The van der Waals surface area contributed by atoms with Crippen molar-refractivity contribution in [2.24, 2.45) is 0 Å². The maximum absolute atomic E-state index is 4.79. The first-order valence-corrected chi connectivity index (χ1v) is 9.63. The highest BCUT2D eigenvalue weighted by atomic mass is 79.9. The van der Waals surface area contributed by atoms with Crippen molar-refractivity contribution in [3.8, 4) is 11.4 Å². The zero-order valence-electron chi connectivity index (χ0n) is 14.6. The first kappa shape index (κ1) is 16.5. The summed E-state index contributed by atoms with van der Waals surface area (Å²) < 4.78 is 1.09. The molecule has 0 fully saturated rings. The lowest BCUT2D eigenvalue weighted by atomic mass is 10.1. The molecule has 6 nitrogen and oxygen atoms in total. The Kier molecular flexibility index (Phi) is 4.18. The molecule has 0 aliphatic carbocycles. The van der Waals surface area contributed by atoms with Crippen LogP contribution in [0.3, 0.4) is 0 Å². The van der Waals surface area contributed by atoms with Crippen molar-refractivity contribution in [1.82, 2.24) is 29.8 Å². The van der Waals surface area contributed by atoms with Gasteiger partial charge >= 0.3 is 0 Å². The number of nitrogens with zero attached hydrogens (tertiary/aromatic N) is 5. The summed E-state index contributed by atoms with van der Waals surface area (Å²) in [6.07, 6.45) is 10.0. The van der Waals surface area contributed by atoms with Crippen LogP contribution >= 0.6 is 15.9 Å². The Labute approximate surface area is 164 Å². The lowest BCUT2D eigenvalue weighted by molar-refractivity contribution is 0.242. The summed E-state index contributed by atoms with van der Waals surface area (Å²) in [5, 5.41) is 1.27. The van der Waals surface area contributed by atoms with Crippen molar-refractivity contribution >= 4 is 26.8 Å². The van der Waals surface area contributed by atoms with Gasteiger partial charge in [0.15, 0.2) is 5.82 Å². The molecule has 7 heteroatoms. The highest BCUT2D eigenvalue weighted by Crippen LogP contribution is 2.26. The summed E-state index contributed by atoms with van der Waals surface area (Å²) in [7, 11) is 0. The van der Waals surface area contributed by atoms with Gasteiger partial charge in [-0.3, -0.25) is 4.90 Å². The van der Waals surface area contributed by atoms with Gasteiger partial charge in [-0.15, -0.1) is 0 Å². The monoisotopic (exact) mass is 420 g/mol. The SMILES string of the molecule is Brc1ccc2c(CN3CCc4cnc(-c5cncnc5)nc4C3)c[nH]c2c1. The highest BCUT2D eigenvalue weighted by molar-refractivity contribution is 9.10. The summed E-state index contributed by atoms with van der Waals surface area (Å²) in [4.78, 5) is 23.2. The molecule has 0 bridgehead atoms. The average molecular weight is 421 g/mol. The van der Waals surface area contributed by atoms with Crippen molar-refractivity contribution in [2.75, 3.05) is 6.54 Å². The smallest absolute Gasteiger partial charge is 0.162 e. The second-order valence-corrected chi connectivity index (χ2v) is 7.67. The van der Waals surface area contributed by atoms with E-state index in [1.807, 2.05) is 6.20 Å². The van der Waals surface area contributed by atoms with Crippen LogP contribution in [0.5, 0.6) is 0 Å². The zero-order valence-corrected chi connectivity index (χ0v) is 16.1. The number of rotatable bonds is 3. The van der Waals surface area contributed by atoms with E-state index >= 15 is 0 Å². The number of H-pyrrole nitrogens is 1. The van der Waals surface area contributed by atoms with Gasteiger partial charge in [0.1, 0.15) is 6.33 Å². The van der Waals surface area contributed by atoms with Crippen molar-refractivity contribution in [3.63, 3.8) is 0 Å². The molecule has 4 heterocycles. The van der Waals surface area contributed by atoms with Crippen molar-refractivity contribution in [2.45, 2.75) is 19.5 Å². The number of aromatic nitrogens is 5. The molecular formula is C20H17BrN6. The normalized spacial score (nSPS) is 14.4. The van der Waals surface area contributed by atoms with Gasteiger partial charge in [-0.2, -0.15) is 0 Å². The number of aromatic amines is 1. The minimum absolute atomic E-state index is 0.688. The fraction of sp³-hybridized carbons (Fsp3) is 0.200. The first-order chi connectivity index (χ1) is 13.3. The largest absolute Gasteiger partial charge is 0.361 e. The summed E-state index contributed by atoms with van der Waals surface area (Å²) >= 11 is 3.53. The second-order valence-electron chi connectivity index (χ2n) is 6.76. The molecule has 0 amide bonds. The highest BCUT2D eigenvalue weighted by Gasteiger charge is 2.20. The third-order valence-corrected chi connectivity index (χ3v) is 5.46. The number of hydrogen-bond acceptors (Lipinski definition) is 5. The Hall–Kier alpha value is -2.64. The Morgan fingerprint density at radius 3 is 2.93 bits per heavy atom. The molecule has 4 aromatic rings. The van der Waals surface area contributed by atoms with E-state index < -0.39 is 0 Å². The Balaban J connectivity index is 1.40. The molecule has 3 aromatic heterocycles. The third-order valence-electron chi connectivity index (χ3n) is 4.97. The van der Waals surface area contributed by atoms with Gasteiger partial charge in [0, 0.05) is 59.8 Å². The summed E-state index contributed by atoms with van der Waals surface area (Å²) in [6, 6.07) is 6.37. The number of hydrogen-bond donors (Lipinski definition) is 1. The van der Waals surface area contributed by atoms with Crippen molar-refractivity contribution < 1.29 is 0 Å². The summed E-state index contributed by atoms with van der Waals surface area (Å²) in [6.45, 7) is 2.73. The van der Waals surface area contributed by atoms with Crippen LogP contribution in [0.2, 0.25) is 0 Å².